The monoisotopic (exact) mass is 315 g/mol. The largest absolute Gasteiger partial charge is 0.378 e. The Morgan fingerprint density at radius 2 is 1.78 bits per heavy atom. The number of benzene rings is 2. The molecule has 0 radical (unpaired) electrons. The van der Waals surface area contributed by atoms with E-state index in [-0.39, 0.29) is 5.69 Å². The van der Waals surface area contributed by atoms with Gasteiger partial charge in [-0.1, -0.05) is 18.2 Å². The lowest BCUT2D eigenvalue weighted by molar-refractivity contribution is 0.122. The van der Waals surface area contributed by atoms with Crippen molar-refractivity contribution in [2.24, 2.45) is 0 Å². The zero-order valence-corrected chi connectivity index (χ0v) is 12.6. The van der Waals surface area contributed by atoms with Gasteiger partial charge in [-0.3, -0.25) is 0 Å². The Labute approximate surface area is 134 Å². The standard InChI is InChI=1S/C17H18FN3O2/c18-15-7-6-14(21-8-10-23-11-9-21)12-16(15)20-17(22)19-13-4-2-1-3-5-13/h1-7,12H,8-11H2,(H2,19,20,22). The van der Waals surface area contributed by atoms with Gasteiger partial charge in [-0.25, -0.2) is 9.18 Å². The number of halogens is 1. The van der Waals surface area contributed by atoms with Gasteiger partial charge in [0.05, 0.1) is 18.9 Å². The molecule has 6 heteroatoms. The summed E-state index contributed by atoms with van der Waals surface area (Å²) in [7, 11) is 0. The van der Waals surface area contributed by atoms with Gasteiger partial charge in [0, 0.05) is 24.5 Å². The number of carbonyl (C=O) groups excluding carboxylic acids is 1. The number of urea groups is 1. The van der Waals surface area contributed by atoms with Crippen LogP contribution in [0.3, 0.4) is 0 Å². The molecule has 1 aliphatic heterocycles. The molecule has 23 heavy (non-hydrogen) atoms. The molecule has 1 heterocycles. The van der Waals surface area contributed by atoms with E-state index in [1.165, 1.54) is 6.07 Å². The summed E-state index contributed by atoms with van der Waals surface area (Å²) in [6.07, 6.45) is 0. The van der Waals surface area contributed by atoms with E-state index in [1.54, 1.807) is 24.3 Å². The van der Waals surface area contributed by atoms with Crippen molar-refractivity contribution in [2.45, 2.75) is 0 Å². The molecule has 2 amide bonds. The number of hydrogen-bond acceptors (Lipinski definition) is 3. The first-order chi connectivity index (χ1) is 11.2. The van der Waals surface area contributed by atoms with Gasteiger partial charge in [-0.15, -0.1) is 0 Å². The number of morpholine rings is 1. The van der Waals surface area contributed by atoms with Crippen molar-refractivity contribution in [3.8, 4) is 0 Å². The highest BCUT2D eigenvalue weighted by molar-refractivity contribution is 6.00. The summed E-state index contributed by atoms with van der Waals surface area (Å²) in [4.78, 5) is 14.1. The minimum atomic E-state index is -0.478. The molecule has 1 saturated heterocycles. The maximum absolute atomic E-state index is 14.0. The average Bonchev–Trinajstić information content (AvgIpc) is 2.58. The molecule has 3 rings (SSSR count). The molecule has 0 aromatic heterocycles. The summed E-state index contributed by atoms with van der Waals surface area (Å²) < 4.78 is 19.3. The van der Waals surface area contributed by atoms with E-state index in [0.717, 1.165) is 18.8 Å². The fraction of sp³-hybridized carbons (Fsp3) is 0.235. The van der Waals surface area contributed by atoms with Crippen molar-refractivity contribution in [3.63, 3.8) is 0 Å². The van der Waals surface area contributed by atoms with E-state index in [0.29, 0.717) is 18.9 Å². The lowest BCUT2D eigenvalue weighted by Crippen LogP contribution is -2.36. The molecule has 0 bridgehead atoms. The molecular weight excluding hydrogens is 297 g/mol. The third-order valence-electron chi connectivity index (χ3n) is 3.61. The van der Waals surface area contributed by atoms with Crippen molar-refractivity contribution in [1.29, 1.82) is 0 Å². The first-order valence-corrected chi connectivity index (χ1v) is 7.48. The van der Waals surface area contributed by atoms with Gasteiger partial charge in [-0.05, 0) is 30.3 Å². The summed E-state index contributed by atoms with van der Waals surface area (Å²) in [5.41, 5.74) is 1.67. The van der Waals surface area contributed by atoms with Crippen LogP contribution in [-0.2, 0) is 4.74 Å². The van der Waals surface area contributed by atoms with Gasteiger partial charge in [0.1, 0.15) is 5.82 Å². The summed E-state index contributed by atoms with van der Waals surface area (Å²) in [5, 5.41) is 5.22. The number of nitrogens with zero attached hydrogens (tertiary/aromatic N) is 1. The SMILES string of the molecule is O=C(Nc1ccccc1)Nc1cc(N2CCOCC2)ccc1F. The molecule has 2 N–H and O–H groups in total. The molecule has 0 aliphatic carbocycles. The van der Waals surface area contributed by atoms with Crippen LogP contribution in [0, 0.1) is 5.82 Å². The Morgan fingerprint density at radius 3 is 2.52 bits per heavy atom. The molecule has 0 atom stereocenters. The highest BCUT2D eigenvalue weighted by Crippen LogP contribution is 2.23. The zero-order chi connectivity index (χ0) is 16.1. The molecule has 2 aromatic carbocycles. The Hall–Kier alpha value is -2.60. The second kappa shape index (κ2) is 7.11. The summed E-state index contributed by atoms with van der Waals surface area (Å²) >= 11 is 0. The van der Waals surface area contributed by atoms with Crippen LogP contribution in [0.25, 0.3) is 0 Å². The van der Waals surface area contributed by atoms with E-state index in [2.05, 4.69) is 15.5 Å². The van der Waals surface area contributed by atoms with Crippen molar-refractivity contribution < 1.29 is 13.9 Å². The second-order valence-corrected chi connectivity index (χ2v) is 5.21. The highest BCUT2D eigenvalue weighted by Gasteiger charge is 2.14. The van der Waals surface area contributed by atoms with Crippen LogP contribution < -0.4 is 15.5 Å². The van der Waals surface area contributed by atoms with Gasteiger partial charge >= 0.3 is 6.03 Å². The van der Waals surface area contributed by atoms with E-state index < -0.39 is 11.8 Å². The molecule has 1 aliphatic rings. The molecule has 120 valence electrons. The number of ether oxygens (including phenoxy) is 1. The first kappa shape index (κ1) is 15.3. The predicted molar refractivity (Wildman–Crippen MR) is 88.5 cm³/mol. The smallest absolute Gasteiger partial charge is 0.323 e. The molecule has 2 aromatic rings. The summed E-state index contributed by atoms with van der Waals surface area (Å²) in [6.45, 7) is 2.80. The van der Waals surface area contributed by atoms with E-state index in [4.69, 9.17) is 4.74 Å². The van der Waals surface area contributed by atoms with Crippen LogP contribution in [0.4, 0.5) is 26.2 Å². The van der Waals surface area contributed by atoms with Crippen molar-refractivity contribution >= 4 is 23.1 Å². The predicted octanol–water partition coefficient (Wildman–Crippen LogP) is 3.31. The van der Waals surface area contributed by atoms with Gasteiger partial charge in [0.25, 0.3) is 0 Å². The van der Waals surface area contributed by atoms with Crippen molar-refractivity contribution in [1.82, 2.24) is 0 Å². The first-order valence-electron chi connectivity index (χ1n) is 7.48. The minimum Gasteiger partial charge on any atom is -0.378 e. The van der Waals surface area contributed by atoms with Crippen LogP contribution in [-0.4, -0.2) is 32.3 Å². The van der Waals surface area contributed by atoms with Crippen LogP contribution in [0.15, 0.2) is 48.5 Å². The normalized spacial score (nSPS) is 14.4. The molecule has 1 fully saturated rings. The maximum Gasteiger partial charge on any atom is 0.323 e. The van der Waals surface area contributed by atoms with Crippen molar-refractivity contribution in [3.05, 3.63) is 54.3 Å². The quantitative estimate of drug-likeness (QED) is 0.914. The van der Waals surface area contributed by atoms with E-state index >= 15 is 0 Å². The Kier molecular flexibility index (Phi) is 4.73. The lowest BCUT2D eigenvalue weighted by atomic mass is 10.2. The Balaban J connectivity index is 1.70. The number of nitrogens with one attached hydrogen (secondary N) is 2. The van der Waals surface area contributed by atoms with E-state index in [1.807, 2.05) is 18.2 Å². The molecular formula is C17H18FN3O2. The zero-order valence-electron chi connectivity index (χ0n) is 12.6. The number of para-hydroxylation sites is 1. The molecule has 5 nitrogen and oxygen atoms in total. The Bertz CT molecular complexity index is 673. The minimum absolute atomic E-state index is 0.155. The summed E-state index contributed by atoms with van der Waals surface area (Å²) in [5.74, 6) is -0.467. The van der Waals surface area contributed by atoms with Gasteiger partial charge in [0.15, 0.2) is 0 Å². The maximum atomic E-state index is 14.0. The fourth-order valence-corrected chi connectivity index (χ4v) is 2.43. The molecule has 0 saturated carbocycles. The summed E-state index contributed by atoms with van der Waals surface area (Å²) in [6, 6.07) is 13.3. The number of hydrogen-bond donors (Lipinski definition) is 2. The average molecular weight is 315 g/mol. The number of anilines is 3. The van der Waals surface area contributed by atoms with Crippen molar-refractivity contribution in [2.75, 3.05) is 41.8 Å². The van der Waals surface area contributed by atoms with Gasteiger partial charge < -0.3 is 20.3 Å². The number of amides is 2. The number of rotatable bonds is 3. The van der Waals surface area contributed by atoms with Crippen LogP contribution in [0.1, 0.15) is 0 Å². The topological polar surface area (TPSA) is 53.6 Å². The highest BCUT2D eigenvalue weighted by atomic mass is 19.1. The Morgan fingerprint density at radius 1 is 1.04 bits per heavy atom. The van der Waals surface area contributed by atoms with Crippen LogP contribution >= 0.6 is 0 Å². The fourth-order valence-electron chi connectivity index (χ4n) is 2.43. The molecule has 0 unspecified atom stereocenters. The lowest BCUT2D eigenvalue weighted by Gasteiger charge is -2.29. The van der Waals surface area contributed by atoms with Gasteiger partial charge in [-0.2, -0.15) is 0 Å². The van der Waals surface area contributed by atoms with Crippen LogP contribution in [0.5, 0.6) is 0 Å². The third-order valence-corrected chi connectivity index (χ3v) is 3.61. The third kappa shape index (κ3) is 3.98. The number of carbonyl (C=O) groups is 1. The van der Waals surface area contributed by atoms with Crippen LogP contribution in [0.2, 0.25) is 0 Å². The van der Waals surface area contributed by atoms with E-state index in [9.17, 15) is 9.18 Å². The van der Waals surface area contributed by atoms with Gasteiger partial charge in [0.2, 0.25) is 0 Å². The molecule has 0 spiro atoms. The second-order valence-electron chi connectivity index (χ2n) is 5.21.